The Morgan fingerprint density at radius 1 is 1.47 bits per heavy atom. The van der Waals surface area contributed by atoms with Crippen LogP contribution < -0.4 is 4.90 Å². The first-order chi connectivity index (χ1) is 6.79. The van der Waals surface area contributed by atoms with Crippen LogP contribution in [0.3, 0.4) is 0 Å². The second-order valence-electron chi connectivity index (χ2n) is 4.88. The van der Waals surface area contributed by atoms with Crippen molar-refractivity contribution in [3.8, 4) is 0 Å². The second kappa shape index (κ2) is 4.35. The molecule has 0 aromatic carbocycles. The number of hydrogen-bond acceptors (Lipinski definition) is 2. The van der Waals surface area contributed by atoms with Crippen LogP contribution in [0.5, 0.6) is 0 Å². The van der Waals surface area contributed by atoms with Gasteiger partial charge < -0.3 is 4.90 Å². The molecule has 0 aliphatic heterocycles. The molecule has 0 saturated heterocycles. The van der Waals surface area contributed by atoms with Gasteiger partial charge in [0.25, 0.3) is 0 Å². The van der Waals surface area contributed by atoms with Gasteiger partial charge in [0.15, 0.2) is 11.6 Å². The normalized spacial score (nSPS) is 11.6. The van der Waals surface area contributed by atoms with Gasteiger partial charge in [-0.3, -0.25) is 0 Å². The molecule has 0 amide bonds. The van der Waals surface area contributed by atoms with E-state index < -0.39 is 0 Å². The van der Waals surface area contributed by atoms with Gasteiger partial charge in [0.1, 0.15) is 0 Å². The maximum atomic E-state index is 13.5. The summed E-state index contributed by atoms with van der Waals surface area (Å²) in [6.07, 6.45) is 1.46. The van der Waals surface area contributed by atoms with Crippen molar-refractivity contribution >= 4 is 17.4 Å². The van der Waals surface area contributed by atoms with Crippen LogP contribution in [0.4, 0.5) is 10.2 Å². The Hall–Kier alpha value is -0.830. The van der Waals surface area contributed by atoms with Crippen LogP contribution in [0.2, 0.25) is 5.02 Å². The van der Waals surface area contributed by atoms with Crippen molar-refractivity contribution < 1.29 is 4.39 Å². The first-order valence-corrected chi connectivity index (χ1v) is 5.19. The van der Waals surface area contributed by atoms with Gasteiger partial charge in [0.05, 0.1) is 5.02 Å². The lowest BCUT2D eigenvalue weighted by Gasteiger charge is -2.27. The first-order valence-electron chi connectivity index (χ1n) is 4.82. The van der Waals surface area contributed by atoms with Gasteiger partial charge in [-0.2, -0.15) is 0 Å². The van der Waals surface area contributed by atoms with Crippen molar-refractivity contribution in [1.82, 2.24) is 4.98 Å². The quantitative estimate of drug-likeness (QED) is 0.775. The van der Waals surface area contributed by atoms with Crippen molar-refractivity contribution in [2.24, 2.45) is 5.41 Å². The summed E-state index contributed by atoms with van der Waals surface area (Å²) >= 11 is 5.63. The molecular formula is C11H16ClFN2. The third kappa shape index (κ3) is 3.67. The zero-order valence-corrected chi connectivity index (χ0v) is 10.3. The Balaban J connectivity index is 2.87. The van der Waals surface area contributed by atoms with E-state index in [1.54, 1.807) is 4.90 Å². The van der Waals surface area contributed by atoms with Gasteiger partial charge in [0, 0.05) is 19.8 Å². The fraction of sp³-hybridized carbons (Fsp3) is 0.545. The third-order valence-corrected chi connectivity index (χ3v) is 2.07. The molecule has 0 saturated carbocycles. The average molecular weight is 231 g/mol. The maximum absolute atomic E-state index is 13.5. The molecule has 0 fully saturated rings. The molecule has 0 N–H and O–H groups in total. The Morgan fingerprint density at radius 2 is 2.07 bits per heavy atom. The standard InChI is InChI=1S/C11H16ClFN2/c1-11(2,3)7-15(4)10-9(13)5-8(12)6-14-10/h5-6H,7H2,1-4H3. The molecule has 0 aliphatic carbocycles. The zero-order valence-electron chi connectivity index (χ0n) is 9.51. The number of hydrogen-bond donors (Lipinski definition) is 0. The molecule has 2 nitrogen and oxygen atoms in total. The molecule has 1 aromatic heterocycles. The lowest BCUT2D eigenvalue weighted by atomic mass is 9.96. The lowest BCUT2D eigenvalue weighted by Crippen LogP contribution is -2.30. The number of pyridine rings is 1. The van der Waals surface area contributed by atoms with E-state index in [-0.39, 0.29) is 11.2 Å². The van der Waals surface area contributed by atoms with Crippen molar-refractivity contribution in [1.29, 1.82) is 0 Å². The van der Waals surface area contributed by atoms with Gasteiger partial charge in [-0.15, -0.1) is 0 Å². The van der Waals surface area contributed by atoms with Crippen LogP contribution in [0, 0.1) is 11.2 Å². The van der Waals surface area contributed by atoms with Gasteiger partial charge in [0.2, 0.25) is 0 Å². The smallest absolute Gasteiger partial charge is 0.167 e. The largest absolute Gasteiger partial charge is 0.357 e. The molecule has 0 atom stereocenters. The van der Waals surface area contributed by atoms with Crippen LogP contribution in [-0.4, -0.2) is 18.6 Å². The highest BCUT2D eigenvalue weighted by atomic mass is 35.5. The maximum Gasteiger partial charge on any atom is 0.167 e. The average Bonchev–Trinajstić information content (AvgIpc) is 1.99. The summed E-state index contributed by atoms with van der Waals surface area (Å²) in [6.45, 7) is 7.02. The SMILES string of the molecule is CN(CC(C)(C)C)c1ncc(Cl)cc1F. The van der Waals surface area contributed by atoms with E-state index in [1.165, 1.54) is 12.3 Å². The molecule has 84 valence electrons. The minimum Gasteiger partial charge on any atom is -0.357 e. The zero-order chi connectivity index (χ0) is 11.6. The van der Waals surface area contributed by atoms with Crippen LogP contribution in [0.25, 0.3) is 0 Å². The van der Waals surface area contributed by atoms with Crippen molar-refractivity contribution in [3.05, 3.63) is 23.1 Å². The van der Waals surface area contributed by atoms with E-state index in [2.05, 4.69) is 25.8 Å². The summed E-state index contributed by atoms with van der Waals surface area (Å²) in [5.41, 5.74) is 0.0997. The molecule has 0 aliphatic rings. The highest BCUT2D eigenvalue weighted by Gasteiger charge is 2.17. The third-order valence-electron chi connectivity index (χ3n) is 1.86. The number of anilines is 1. The van der Waals surface area contributed by atoms with Crippen LogP contribution >= 0.6 is 11.6 Å². The molecule has 1 heterocycles. The molecule has 0 spiro atoms. The van der Waals surface area contributed by atoms with E-state index in [0.717, 1.165) is 6.54 Å². The molecule has 0 bridgehead atoms. The van der Waals surface area contributed by atoms with Gasteiger partial charge in [-0.05, 0) is 11.5 Å². The minimum absolute atomic E-state index is 0.0997. The summed E-state index contributed by atoms with van der Waals surface area (Å²) in [7, 11) is 1.82. The summed E-state index contributed by atoms with van der Waals surface area (Å²) in [5, 5.41) is 0.320. The minimum atomic E-state index is -0.380. The van der Waals surface area contributed by atoms with E-state index in [1.807, 2.05) is 7.05 Å². The van der Waals surface area contributed by atoms with Crippen molar-refractivity contribution in [2.45, 2.75) is 20.8 Å². The summed E-state index contributed by atoms with van der Waals surface area (Å²) in [4.78, 5) is 5.78. The van der Waals surface area contributed by atoms with Crippen LogP contribution in [0.15, 0.2) is 12.3 Å². The number of aromatic nitrogens is 1. The van der Waals surface area contributed by atoms with Gasteiger partial charge >= 0.3 is 0 Å². The molecule has 1 aromatic rings. The molecular weight excluding hydrogens is 215 g/mol. The van der Waals surface area contributed by atoms with Crippen LogP contribution in [0.1, 0.15) is 20.8 Å². The molecule has 15 heavy (non-hydrogen) atoms. The van der Waals surface area contributed by atoms with Gasteiger partial charge in [-0.25, -0.2) is 9.37 Å². The first kappa shape index (κ1) is 12.2. The summed E-state index contributed by atoms with van der Waals surface area (Å²) in [6, 6.07) is 1.28. The topological polar surface area (TPSA) is 16.1 Å². The van der Waals surface area contributed by atoms with Gasteiger partial charge in [-0.1, -0.05) is 32.4 Å². The summed E-state index contributed by atoms with van der Waals surface area (Å²) in [5.74, 6) is -0.0384. The lowest BCUT2D eigenvalue weighted by molar-refractivity contribution is 0.415. The predicted octanol–water partition coefficient (Wildman–Crippen LogP) is 3.36. The highest BCUT2D eigenvalue weighted by Crippen LogP contribution is 2.22. The Labute approximate surface area is 95.1 Å². The molecule has 0 radical (unpaired) electrons. The van der Waals surface area contributed by atoms with E-state index >= 15 is 0 Å². The number of rotatable bonds is 2. The fourth-order valence-electron chi connectivity index (χ4n) is 1.47. The predicted molar refractivity (Wildman–Crippen MR) is 61.9 cm³/mol. The van der Waals surface area contributed by atoms with Crippen molar-refractivity contribution in [3.63, 3.8) is 0 Å². The van der Waals surface area contributed by atoms with E-state index in [0.29, 0.717) is 10.8 Å². The Bertz CT molecular complexity index is 347. The molecule has 4 heteroatoms. The number of nitrogens with zero attached hydrogens (tertiary/aromatic N) is 2. The summed E-state index contributed by atoms with van der Waals surface area (Å²) < 4.78 is 13.5. The Kier molecular flexibility index (Phi) is 3.55. The van der Waals surface area contributed by atoms with E-state index in [4.69, 9.17) is 11.6 Å². The van der Waals surface area contributed by atoms with E-state index in [9.17, 15) is 4.39 Å². The monoisotopic (exact) mass is 230 g/mol. The Morgan fingerprint density at radius 3 is 2.53 bits per heavy atom. The number of halogens is 2. The highest BCUT2D eigenvalue weighted by molar-refractivity contribution is 6.30. The second-order valence-corrected chi connectivity index (χ2v) is 5.31. The van der Waals surface area contributed by atoms with Crippen LogP contribution in [-0.2, 0) is 0 Å². The fourth-order valence-corrected chi connectivity index (χ4v) is 1.62. The molecule has 1 rings (SSSR count). The van der Waals surface area contributed by atoms with Crippen molar-refractivity contribution in [2.75, 3.05) is 18.5 Å². The molecule has 0 unspecified atom stereocenters.